The number of rotatable bonds is 0. The van der Waals surface area contributed by atoms with Crippen LogP contribution in [0.25, 0.3) is 44.1 Å². The van der Waals surface area contributed by atoms with Crippen molar-refractivity contribution in [2.75, 3.05) is 19.6 Å². The van der Waals surface area contributed by atoms with E-state index in [2.05, 4.69) is 122 Å². The number of nitrogens with zero attached hydrogens (tertiary/aromatic N) is 16. The van der Waals surface area contributed by atoms with Crippen LogP contribution < -0.4 is 37.7 Å². The van der Waals surface area contributed by atoms with Gasteiger partial charge in [-0.15, -0.1) is 0 Å². The highest BCUT2D eigenvalue weighted by Crippen LogP contribution is 2.47. The van der Waals surface area contributed by atoms with Crippen molar-refractivity contribution < 1.29 is 39.6 Å². The van der Waals surface area contributed by atoms with Crippen LogP contribution in [0.4, 0.5) is 0 Å². The fraction of sp³-hybridized carbons (Fsp3) is 0.505. The quantitative estimate of drug-likeness (QED) is 0.0741. The van der Waals surface area contributed by atoms with Gasteiger partial charge in [0.1, 0.15) is 22.6 Å². The van der Waals surface area contributed by atoms with E-state index in [0.717, 1.165) is 246 Å². The van der Waals surface area contributed by atoms with Crippen molar-refractivity contribution in [1.82, 2.24) is 93.3 Å². The van der Waals surface area contributed by atoms with Gasteiger partial charge in [0.25, 0.3) is 39.4 Å². The van der Waals surface area contributed by atoms with Crippen molar-refractivity contribution >= 4 is 67.6 Å². The van der Waals surface area contributed by atoms with Gasteiger partial charge in [0.05, 0.1) is 73.1 Å². The van der Waals surface area contributed by atoms with Crippen LogP contribution in [0.2, 0.25) is 0 Å². The van der Waals surface area contributed by atoms with E-state index in [9.17, 15) is 58.8 Å². The molecule has 3 amide bonds. The van der Waals surface area contributed by atoms with Gasteiger partial charge in [0, 0.05) is 96.7 Å². The van der Waals surface area contributed by atoms with Crippen molar-refractivity contribution in [3.63, 3.8) is 0 Å². The topological polar surface area (TPSA) is 396 Å². The second-order valence-corrected chi connectivity index (χ2v) is 36.7. The first-order chi connectivity index (χ1) is 61.2. The minimum absolute atomic E-state index is 0. The number of nitrogens with one attached hydrogen (secondary N) is 3. The molecule has 18 bridgehead atoms. The summed E-state index contributed by atoms with van der Waals surface area (Å²) in [5, 5.41) is 71.7. The monoisotopic (exact) mass is 1740 g/mol. The Labute approximate surface area is 741 Å². The molecule has 31 nitrogen and oxygen atoms in total. The van der Waals surface area contributed by atoms with Crippen LogP contribution in [0.1, 0.15) is 272 Å². The Morgan fingerprint density at radius 3 is 1.21 bits per heavy atom. The van der Waals surface area contributed by atoms with Crippen LogP contribution in [0.15, 0.2) is 142 Å². The zero-order valence-corrected chi connectivity index (χ0v) is 71.4. The van der Waals surface area contributed by atoms with Gasteiger partial charge in [-0.2, -0.15) is 20.4 Å². The fourth-order valence-electron chi connectivity index (χ4n) is 21.5. The van der Waals surface area contributed by atoms with Crippen LogP contribution in [0.3, 0.4) is 0 Å². The highest BCUT2D eigenvalue weighted by Gasteiger charge is 2.44. The first-order valence-corrected chi connectivity index (χ1v) is 45.7. The molecule has 5 fully saturated rings. The maximum atomic E-state index is 12.8. The van der Waals surface area contributed by atoms with Crippen LogP contribution >= 0.6 is 0 Å². The number of hydrogen-bond acceptors (Lipinski definition) is 20. The molecule has 7 N–H and O–H groups in total. The molecular formula is C97H119N19O12. The van der Waals surface area contributed by atoms with Crippen LogP contribution in [-0.2, 0) is 74.0 Å². The predicted octanol–water partition coefficient (Wildman–Crippen LogP) is 13.6. The number of ketones is 1. The highest BCUT2D eigenvalue weighted by atomic mass is 16.3. The molecular weight excluding hydrogens is 1620 g/mol. The molecule has 0 radical (unpaired) electrons. The van der Waals surface area contributed by atoms with E-state index in [4.69, 9.17) is 19.9 Å². The molecule has 31 heteroatoms. The Morgan fingerprint density at radius 2 is 0.727 bits per heavy atom. The molecule has 5 aliphatic carbocycles. The average Bonchev–Trinajstić information content (AvgIpc) is 1.62. The fourth-order valence-corrected chi connectivity index (χ4v) is 21.5. The number of aromatic hydroxyl groups is 4. The van der Waals surface area contributed by atoms with Gasteiger partial charge in [-0.3, -0.25) is 57.1 Å². The van der Waals surface area contributed by atoms with Crippen LogP contribution in [0, 0.1) is 11.8 Å². The van der Waals surface area contributed by atoms with Gasteiger partial charge in [0.2, 0.25) is 0 Å². The second-order valence-electron chi connectivity index (χ2n) is 36.7. The number of hydrogen-bond donors (Lipinski definition) is 7. The lowest BCUT2D eigenvalue weighted by Gasteiger charge is -2.32. The molecule has 21 rings (SSSR count). The third kappa shape index (κ3) is 18.0. The molecule has 0 aromatic carbocycles. The summed E-state index contributed by atoms with van der Waals surface area (Å²) in [5.41, 5.74) is 4.16. The molecule has 5 saturated carbocycles. The number of pyridine rings is 4. The molecule has 128 heavy (non-hydrogen) atoms. The minimum Gasteiger partial charge on any atom is -0.503 e. The van der Waals surface area contributed by atoms with Crippen LogP contribution in [-0.4, -0.2) is 141 Å². The maximum Gasteiger partial charge on any atom is 0.275 e. The SMILES string of the molecule is C.C.O=C1CCCCCCc2cn(c3ncccc23)C2(CCCC2)Cn2cc(O)c(=O)c1n2.O=C1NCC2CC2CCc2ccc3ccn(c3n2)C2(CCCC2)Cn2cc(O)c(=O)c1n2.O=C1NCCCCCCc2ccnc3c2ccn3C2(CCCC2)Cn2cc(O)c(=O)c1n2.O=C1NCCCCCc2cn(c3ncccc23)C2(CCCC2)Cn2cc(O)c(=O)c1n2. The number of carbonyl (C=O) groups is 4. The van der Waals surface area contributed by atoms with Gasteiger partial charge in [-0.1, -0.05) is 98.3 Å². The minimum atomic E-state index is -0.728. The van der Waals surface area contributed by atoms with Crippen molar-refractivity contribution in [3.05, 3.63) is 209 Å². The van der Waals surface area contributed by atoms with E-state index in [0.29, 0.717) is 64.1 Å². The second kappa shape index (κ2) is 37.9. The van der Waals surface area contributed by atoms with Crippen molar-refractivity contribution in [3.8, 4) is 23.0 Å². The summed E-state index contributed by atoms with van der Waals surface area (Å²) < 4.78 is 15.4. The van der Waals surface area contributed by atoms with Crippen molar-refractivity contribution in [2.45, 2.75) is 281 Å². The molecule has 2 unspecified atom stereocenters. The van der Waals surface area contributed by atoms with E-state index >= 15 is 0 Å². The summed E-state index contributed by atoms with van der Waals surface area (Å²) in [5.74, 6) is -2.62. The molecule has 0 saturated heterocycles. The number of fused-ring (bicyclic) bond motifs is 24. The lowest BCUT2D eigenvalue weighted by Crippen LogP contribution is -2.38. The Kier molecular flexibility index (Phi) is 26.3. The summed E-state index contributed by atoms with van der Waals surface area (Å²) in [6.45, 7) is 3.35. The summed E-state index contributed by atoms with van der Waals surface area (Å²) in [4.78, 5) is 120. The summed E-state index contributed by atoms with van der Waals surface area (Å²) in [6.07, 6.45) is 52.8. The summed E-state index contributed by atoms with van der Waals surface area (Å²) >= 11 is 0. The number of aryl methyl sites for hydroxylation is 4. The van der Waals surface area contributed by atoms with Crippen molar-refractivity contribution in [1.29, 1.82) is 0 Å². The molecule has 2 atom stereocenters. The summed E-state index contributed by atoms with van der Waals surface area (Å²) in [6, 6.07) is 18.9. The number of amides is 3. The first kappa shape index (κ1) is 89.0. The molecule has 9 aliphatic rings. The molecule has 16 heterocycles. The summed E-state index contributed by atoms with van der Waals surface area (Å²) in [7, 11) is 0. The Hall–Kier alpha value is -12.4. The first-order valence-electron chi connectivity index (χ1n) is 45.7. The Balaban J connectivity index is 0.000000125. The molecule has 4 spiro atoms. The number of carbonyl (C=O) groups excluding carboxylic acids is 4. The number of Topliss-reactive ketones (excluding diaryl/α,β-unsaturated/α-hetero) is 1. The molecule has 12 aromatic rings. The number of aromatic nitrogens is 16. The van der Waals surface area contributed by atoms with Gasteiger partial charge in [0.15, 0.2) is 51.6 Å². The van der Waals surface area contributed by atoms with Crippen LogP contribution in [0.5, 0.6) is 23.0 Å². The zero-order chi connectivity index (χ0) is 86.9. The zero-order valence-electron chi connectivity index (χ0n) is 71.4. The standard InChI is InChI=1S/C24H27N5O3.C24H29N5O3.C24H28N4O3.C23H27N5O3.2CH4/c30-19-13-28-14-24(8-1-2-9-24)29-10-7-15-3-5-18(26-22(15)29)6-4-16-11-17(16)12-25-23(32)20(27-28)21(19)31;30-19-15-28-16-24(10-4-5-11-24)29-14-9-18-17(8-13-25-22(18)29)7-3-1-2-6-12-26-23(32)20(27-28)21(19)31;29-19-10-4-2-1-3-8-17-14-28(23-18(17)9-7-13-25-23)24(11-5-6-12-24)16-27-15-20(30)22(31)21(19)26-27;29-18-14-27-15-23(9-3-4-10-23)28-13-16(17-8-6-12-24-21(17)28)7-2-1-5-11-25-22(31)19(26-27)20(18)30;;/h3,5,7,10,13,16-17,30H,1-2,4,6,8-9,11-12,14H2,(H,25,32);8-9,13-15,30H,1-7,10-12,16H2,(H,26,32);7,9,13-15,30H,1-6,8,10-12,16H2;6,8,12-14,29H,1-5,7,9-11,15H2,(H,25,31);2*1H4. The van der Waals surface area contributed by atoms with Gasteiger partial charge in [-0.05, 0) is 212 Å². The Morgan fingerprint density at radius 1 is 0.344 bits per heavy atom. The van der Waals surface area contributed by atoms with E-state index in [1.54, 1.807) is 18.7 Å². The van der Waals surface area contributed by atoms with Gasteiger partial charge >= 0.3 is 0 Å². The van der Waals surface area contributed by atoms with E-state index < -0.39 is 62.4 Å². The maximum absolute atomic E-state index is 12.8. The largest absolute Gasteiger partial charge is 0.503 e. The molecule has 12 aromatic heterocycles. The lowest BCUT2D eigenvalue weighted by molar-refractivity contribution is 0.0933. The van der Waals surface area contributed by atoms with Crippen molar-refractivity contribution in [2.24, 2.45) is 11.8 Å². The van der Waals surface area contributed by atoms with E-state index in [1.165, 1.54) is 57.6 Å². The van der Waals surface area contributed by atoms with Gasteiger partial charge in [-0.25, -0.2) is 19.9 Å². The normalized spacial score (nSPS) is 20.3. The van der Waals surface area contributed by atoms with E-state index in [-0.39, 0.29) is 65.6 Å². The smallest absolute Gasteiger partial charge is 0.275 e. The third-order valence-electron chi connectivity index (χ3n) is 28.3. The molecule has 4 aliphatic heterocycles. The van der Waals surface area contributed by atoms with Gasteiger partial charge < -0.3 is 54.6 Å². The van der Waals surface area contributed by atoms with E-state index in [1.807, 2.05) is 30.7 Å². The highest BCUT2D eigenvalue weighted by molar-refractivity contribution is 5.95. The third-order valence-corrected chi connectivity index (χ3v) is 28.3. The average molecular weight is 1740 g/mol. The predicted molar refractivity (Wildman–Crippen MR) is 487 cm³/mol. The lowest BCUT2D eigenvalue weighted by atomic mass is 9.97. The Bertz CT molecular complexity index is 6190. The molecule has 674 valence electrons.